The second-order valence-electron chi connectivity index (χ2n) is 4.47. The van der Waals surface area contributed by atoms with Crippen molar-refractivity contribution in [1.29, 1.82) is 0 Å². The summed E-state index contributed by atoms with van der Waals surface area (Å²) in [6.45, 7) is 2.09. The lowest BCUT2D eigenvalue weighted by atomic mass is 10.1. The van der Waals surface area contributed by atoms with Gasteiger partial charge in [-0.05, 0) is 43.7 Å². The van der Waals surface area contributed by atoms with Crippen molar-refractivity contribution >= 4 is 5.69 Å². The van der Waals surface area contributed by atoms with E-state index in [0.29, 0.717) is 6.10 Å². The Bertz CT molecular complexity index is 315. The molecule has 1 aliphatic heterocycles. The molecule has 1 heterocycles. The van der Waals surface area contributed by atoms with Gasteiger partial charge in [0.1, 0.15) is 11.9 Å². The standard InChI is InChI=1S/C13H20N2O/c1-15(2)11-5-7-12(8-6-11)16-13-4-3-9-14-10-13/h5-8,13-14H,3-4,9-10H2,1-2H3. The van der Waals surface area contributed by atoms with E-state index in [2.05, 4.69) is 22.3 Å². The number of anilines is 1. The van der Waals surface area contributed by atoms with Gasteiger partial charge in [0.15, 0.2) is 0 Å². The van der Waals surface area contributed by atoms with E-state index < -0.39 is 0 Å². The zero-order chi connectivity index (χ0) is 11.4. The highest BCUT2D eigenvalue weighted by Crippen LogP contribution is 2.20. The lowest BCUT2D eigenvalue weighted by Crippen LogP contribution is -2.37. The second kappa shape index (κ2) is 5.21. The molecule has 0 amide bonds. The van der Waals surface area contributed by atoms with Gasteiger partial charge in [0.2, 0.25) is 0 Å². The third-order valence-electron chi connectivity index (χ3n) is 2.91. The minimum atomic E-state index is 0.332. The lowest BCUT2D eigenvalue weighted by molar-refractivity contribution is 0.167. The van der Waals surface area contributed by atoms with Crippen LogP contribution in [0.25, 0.3) is 0 Å². The maximum atomic E-state index is 5.91. The number of nitrogens with one attached hydrogen (secondary N) is 1. The summed E-state index contributed by atoms with van der Waals surface area (Å²) in [6, 6.07) is 8.27. The van der Waals surface area contributed by atoms with Crippen LogP contribution in [0, 0.1) is 0 Å². The summed E-state index contributed by atoms with van der Waals surface area (Å²) in [5, 5.41) is 3.35. The van der Waals surface area contributed by atoms with Gasteiger partial charge in [-0.1, -0.05) is 0 Å². The molecule has 1 fully saturated rings. The molecular formula is C13H20N2O. The van der Waals surface area contributed by atoms with E-state index >= 15 is 0 Å². The first-order chi connectivity index (χ1) is 7.75. The maximum absolute atomic E-state index is 5.91. The number of hydrogen-bond acceptors (Lipinski definition) is 3. The highest BCUT2D eigenvalue weighted by atomic mass is 16.5. The van der Waals surface area contributed by atoms with Gasteiger partial charge in [0.05, 0.1) is 0 Å². The molecule has 3 nitrogen and oxygen atoms in total. The zero-order valence-corrected chi connectivity index (χ0v) is 10.1. The van der Waals surface area contributed by atoms with Crippen LogP contribution in [-0.4, -0.2) is 33.3 Å². The van der Waals surface area contributed by atoms with Gasteiger partial charge in [-0.25, -0.2) is 0 Å². The minimum absolute atomic E-state index is 0.332. The fourth-order valence-electron chi connectivity index (χ4n) is 1.94. The molecule has 1 atom stereocenters. The van der Waals surface area contributed by atoms with Crippen LogP contribution in [0.4, 0.5) is 5.69 Å². The SMILES string of the molecule is CN(C)c1ccc(OC2CCCNC2)cc1. The molecule has 1 aromatic rings. The summed E-state index contributed by atoms with van der Waals surface area (Å²) >= 11 is 0. The van der Waals surface area contributed by atoms with Crippen molar-refractivity contribution in [2.24, 2.45) is 0 Å². The summed E-state index contributed by atoms with van der Waals surface area (Å²) in [6.07, 6.45) is 2.70. The molecule has 0 bridgehead atoms. The fraction of sp³-hybridized carbons (Fsp3) is 0.538. The molecule has 0 aliphatic carbocycles. The molecule has 88 valence electrons. The number of rotatable bonds is 3. The monoisotopic (exact) mass is 220 g/mol. The van der Waals surface area contributed by atoms with Crippen LogP contribution in [-0.2, 0) is 0 Å². The van der Waals surface area contributed by atoms with Gasteiger partial charge >= 0.3 is 0 Å². The molecule has 16 heavy (non-hydrogen) atoms. The third kappa shape index (κ3) is 2.89. The van der Waals surface area contributed by atoms with Crippen LogP contribution >= 0.6 is 0 Å². The molecule has 1 N–H and O–H groups in total. The number of nitrogens with zero attached hydrogens (tertiary/aromatic N) is 1. The Labute approximate surface area is 97.4 Å². The Morgan fingerprint density at radius 2 is 2.00 bits per heavy atom. The predicted molar refractivity (Wildman–Crippen MR) is 67.3 cm³/mol. The zero-order valence-electron chi connectivity index (χ0n) is 10.1. The number of ether oxygens (including phenoxy) is 1. The van der Waals surface area contributed by atoms with Gasteiger partial charge in [-0.3, -0.25) is 0 Å². The van der Waals surface area contributed by atoms with Gasteiger partial charge < -0.3 is 15.0 Å². The molecule has 1 unspecified atom stereocenters. The van der Waals surface area contributed by atoms with Crippen LogP contribution in [0.1, 0.15) is 12.8 Å². The summed E-state index contributed by atoms with van der Waals surface area (Å²) in [5.41, 5.74) is 1.20. The van der Waals surface area contributed by atoms with E-state index in [9.17, 15) is 0 Å². The van der Waals surface area contributed by atoms with Gasteiger partial charge in [0, 0.05) is 26.3 Å². The molecule has 0 radical (unpaired) electrons. The molecule has 1 saturated heterocycles. The van der Waals surface area contributed by atoms with Crippen LogP contribution < -0.4 is 15.0 Å². The summed E-state index contributed by atoms with van der Waals surface area (Å²) in [5.74, 6) is 0.972. The lowest BCUT2D eigenvalue weighted by Gasteiger charge is -2.24. The van der Waals surface area contributed by atoms with Crippen LogP contribution in [0.5, 0.6) is 5.75 Å². The van der Waals surface area contributed by atoms with Crippen molar-refractivity contribution in [3.63, 3.8) is 0 Å². The summed E-state index contributed by atoms with van der Waals surface area (Å²) in [4.78, 5) is 2.09. The van der Waals surface area contributed by atoms with E-state index in [1.54, 1.807) is 0 Å². The average Bonchev–Trinajstić information content (AvgIpc) is 2.31. The third-order valence-corrected chi connectivity index (χ3v) is 2.91. The maximum Gasteiger partial charge on any atom is 0.119 e. The van der Waals surface area contributed by atoms with E-state index in [1.165, 1.54) is 12.1 Å². The highest BCUT2D eigenvalue weighted by molar-refractivity contribution is 5.47. The Morgan fingerprint density at radius 1 is 1.25 bits per heavy atom. The summed E-state index contributed by atoms with van der Waals surface area (Å²) in [7, 11) is 4.09. The first-order valence-corrected chi connectivity index (χ1v) is 5.90. The fourth-order valence-corrected chi connectivity index (χ4v) is 1.94. The Balaban J connectivity index is 1.93. The molecule has 0 spiro atoms. The Morgan fingerprint density at radius 3 is 2.56 bits per heavy atom. The number of piperidine rings is 1. The Hall–Kier alpha value is -1.22. The van der Waals surface area contributed by atoms with Crippen LogP contribution in [0.15, 0.2) is 24.3 Å². The molecule has 0 saturated carbocycles. The van der Waals surface area contributed by atoms with Crippen molar-refractivity contribution in [3.8, 4) is 5.75 Å². The molecule has 1 aromatic carbocycles. The molecule has 1 aliphatic rings. The molecule has 2 rings (SSSR count). The molecular weight excluding hydrogens is 200 g/mol. The number of hydrogen-bond donors (Lipinski definition) is 1. The largest absolute Gasteiger partial charge is 0.489 e. The van der Waals surface area contributed by atoms with E-state index in [-0.39, 0.29) is 0 Å². The smallest absolute Gasteiger partial charge is 0.119 e. The van der Waals surface area contributed by atoms with E-state index in [1.807, 2.05) is 26.2 Å². The van der Waals surface area contributed by atoms with E-state index in [0.717, 1.165) is 25.3 Å². The topological polar surface area (TPSA) is 24.5 Å². The molecule has 3 heteroatoms. The quantitative estimate of drug-likeness (QED) is 0.842. The predicted octanol–water partition coefficient (Wildman–Crippen LogP) is 1.88. The first-order valence-electron chi connectivity index (χ1n) is 5.90. The minimum Gasteiger partial charge on any atom is -0.489 e. The van der Waals surface area contributed by atoms with Crippen molar-refractivity contribution in [2.45, 2.75) is 18.9 Å². The van der Waals surface area contributed by atoms with Gasteiger partial charge in [-0.15, -0.1) is 0 Å². The van der Waals surface area contributed by atoms with Crippen LogP contribution in [0.2, 0.25) is 0 Å². The van der Waals surface area contributed by atoms with Gasteiger partial charge in [0.25, 0.3) is 0 Å². The van der Waals surface area contributed by atoms with Crippen LogP contribution in [0.3, 0.4) is 0 Å². The normalized spacial score (nSPS) is 20.5. The first kappa shape index (κ1) is 11.3. The highest BCUT2D eigenvalue weighted by Gasteiger charge is 2.13. The van der Waals surface area contributed by atoms with Gasteiger partial charge in [-0.2, -0.15) is 0 Å². The van der Waals surface area contributed by atoms with Crippen molar-refractivity contribution in [3.05, 3.63) is 24.3 Å². The second-order valence-corrected chi connectivity index (χ2v) is 4.47. The van der Waals surface area contributed by atoms with E-state index in [4.69, 9.17) is 4.74 Å². The van der Waals surface area contributed by atoms with Crippen molar-refractivity contribution < 1.29 is 4.74 Å². The summed E-state index contributed by atoms with van der Waals surface area (Å²) < 4.78 is 5.91. The average molecular weight is 220 g/mol. The molecule has 0 aromatic heterocycles. The number of benzene rings is 1. The Kier molecular flexibility index (Phi) is 3.67. The van der Waals surface area contributed by atoms with Crippen molar-refractivity contribution in [1.82, 2.24) is 5.32 Å². The van der Waals surface area contributed by atoms with Crippen molar-refractivity contribution in [2.75, 3.05) is 32.1 Å².